The van der Waals surface area contributed by atoms with E-state index in [1.807, 2.05) is 41.1 Å². The van der Waals surface area contributed by atoms with Crippen molar-refractivity contribution in [1.82, 2.24) is 14.9 Å². The highest BCUT2D eigenvalue weighted by molar-refractivity contribution is 5.95. The lowest BCUT2D eigenvalue weighted by molar-refractivity contribution is 0.0945. The topological polar surface area (TPSA) is 77.1 Å². The molecule has 0 atom stereocenters. The Labute approximate surface area is 156 Å². The number of aromatic nitrogens is 2. The van der Waals surface area contributed by atoms with Crippen LogP contribution >= 0.6 is 0 Å². The number of amides is 1. The molecule has 138 valence electrons. The van der Waals surface area contributed by atoms with Crippen LogP contribution in [-0.2, 0) is 6.54 Å². The summed E-state index contributed by atoms with van der Waals surface area (Å²) in [5.74, 6) is 0.600. The van der Waals surface area contributed by atoms with Crippen molar-refractivity contribution in [3.8, 4) is 5.69 Å². The molecular weight excluding hydrogens is 342 g/mol. The Morgan fingerprint density at radius 1 is 1.33 bits per heavy atom. The van der Waals surface area contributed by atoms with E-state index in [4.69, 9.17) is 4.42 Å². The molecule has 2 aromatic heterocycles. The van der Waals surface area contributed by atoms with E-state index in [9.17, 15) is 9.59 Å². The first-order chi connectivity index (χ1) is 13.1. The molecule has 3 aromatic rings. The summed E-state index contributed by atoms with van der Waals surface area (Å²) in [6.45, 7) is 2.09. The number of hydrogen-bond donors (Lipinski definition) is 1. The van der Waals surface area contributed by atoms with Crippen LogP contribution in [0.15, 0.2) is 58.3 Å². The molecule has 27 heavy (non-hydrogen) atoms. The van der Waals surface area contributed by atoms with Gasteiger partial charge < -0.3 is 14.3 Å². The lowest BCUT2D eigenvalue weighted by Gasteiger charge is -2.24. The zero-order chi connectivity index (χ0) is 18.8. The number of imidazole rings is 1. The maximum atomic E-state index is 12.6. The van der Waals surface area contributed by atoms with E-state index in [0.29, 0.717) is 23.8 Å². The van der Waals surface area contributed by atoms with Crippen LogP contribution in [0.4, 0.5) is 0 Å². The van der Waals surface area contributed by atoms with Crippen molar-refractivity contribution in [2.75, 3.05) is 0 Å². The normalized spacial score (nSPS) is 14.0. The van der Waals surface area contributed by atoms with Crippen LogP contribution in [0.2, 0.25) is 0 Å². The summed E-state index contributed by atoms with van der Waals surface area (Å²) < 4.78 is 7.30. The molecule has 0 bridgehead atoms. The molecule has 0 aliphatic heterocycles. The molecule has 1 aliphatic rings. The quantitative estimate of drug-likeness (QED) is 0.754. The minimum atomic E-state index is -0.558. The van der Waals surface area contributed by atoms with E-state index in [0.717, 1.165) is 30.5 Å². The Morgan fingerprint density at radius 2 is 2.15 bits per heavy atom. The van der Waals surface area contributed by atoms with Gasteiger partial charge in [-0.05, 0) is 43.0 Å². The first kappa shape index (κ1) is 17.3. The summed E-state index contributed by atoms with van der Waals surface area (Å²) in [7, 11) is 0. The molecule has 1 fully saturated rings. The maximum Gasteiger partial charge on any atom is 0.349 e. The van der Waals surface area contributed by atoms with E-state index >= 15 is 0 Å². The minimum absolute atomic E-state index is 0.0817. The summed E-state index contributed by atoms with van der Waals surface area (Å²) >= 11 is 0. The fourth-order valence-electron chi connectivity index (χ4n) is 3.38. The third kappa shape index (κ3) is 3.43. The number of para-hydroxylation sites is 1. The molecule has 0 radical (unpaired) electrons. The van der Waals surface area contributed by atoms with E-state index < -0.39 is 11.5 Å². The van der Waals surface area contributed by atoms with Crippen LogP contribution in [0.3, 0.4) is 0 Å². The van der Waals surface area contributed by atoms with Crippen LogP contribution < -0.4 is 10.9 Å². The zero-order valence-electron chi connectivity index (χ0n) is 15.1. The molecule has 0 unspecified atom stereocenters. The highest BCUT2D eigenvalue weighted by Crippen LogP contribution is 2.36. The SMILES string of the molecule is Cc1cc(C2CCC2)oc(=O)c1C(=O)NCc1ccccc1-n1ccnc1. The molecule has 1 saturated carbocycles. The number of carbonyl (C=O) groups is 1. The molecule has 1 amide bonds. The van der Waals surface area contributed by atoms with Crippen LogP contribution in [0.25, 0.3) is 5.69 Å². The third-order valence-electron chi connectivity index (χ3n) is 5.12. The number of nitrogens with one attached hydrogen (secondary N) is 1. The van der Waals surface area contributed by atoms with Gasteiger partial charge in [0.05, 0.1) is 12.0 Å². The van der Waals surface area contributed by atoms with Crippen molar-refractivity contribution in [3.05, 3.63) is 81.9 Å². The molecule has 0 saturated heterocycles. The number of hydrogen-bond acceptors (Lipinski definition) is 4. The molecule has 4 rings (SSSR count). The van der Waals surface area contributed by atoms with Gasteiger partial charge in [-0.3, -0.25) is 4.79 Å². The number of benzene rings is 1. The van der Waals surface area contributed by atoms with E-state index in [1.54, 1.807) is 19.4 Å². The Bertz CT molecular complexity index is 1020. The van der Waals surface area contributed by atoms with Gasteiger partial charge >= 0.3 is 5.63 Å². The summed E-state index contributed by atoms with van der Waals surface area (Å²) in [4.78, 5) is 29.1. The van der Waals surface area contributed by atoms with Crippen LogP contribution in [0.1, 0.15) is 52.4 Å². The third-order valence-corrected chi connectivity index (χ3v) is 5.12. The Morgan fingerprint density at radius 3 is 2.81 bits per heavy atom. The number of nitrogens with zero attached hydrogens (tertiary/aromatic N) is 2. The molecular formula is C21H21N3O3. The summed E-state index contributed by atoms with van der Waals surface area (Å²) in [5.41, 5.74) is 2.04. The standard InChI is InChI=1S/C21H21N3O3/c1-14-11-18(15-6-4-7-15)27-21(26)19(14)20(25)23-12-16-5-2-3-8-17(16)24-10-9-22-13-24/h2-3,5,8-11,13,15H,4,6-7,12H2,1H3,(H,23,25). The van der Waals surface area contributed by atoms with Crippen molar-refractivity contribution in [2.45, 2.75) is 38.6 Å². The van der Waals surface area contributed by atoms with Crippen LogP contribution in [0.5, 0.6) is 0 Å². The van der Waals surface area contributed by atoms with Gasteiger partial charge in [0.25, 0.3) is 5.91 Å². The first-order valence-electron chi connectivity index (χ1n) is 9.12. The molecule has 2 heterocycles. The van der Waals surface area contributed by atoms with Crippen LogP contribution in [0, 0.1) is 6.92 Å². The smallest absolute Gasteiger partial charge is 0.349 e. The molecule has 1 N–H and O–H groups in total. The molecule has 6 heteroatoms. The van der Waals surface area contributed by atoms with Gasteiger partial charge in [-0.15, -0.1) is 0 Å². The highest BCUT2D eigenvalue weighted by Gasteiger charge is 2.25. The molecule has 6 nitrogen and oxygen atoms in total. The second kappa shape index (κ2) is 7.23. The largest absolute Gasteiger partial charge is 0.427 e. The second-order valence-electron chi connectivity index (χ2n) is 6.90. The Kier molecular flexibility index (Phi) is 4.62. The lowest BCUT2D eigenvalue weighted by Crippen LogP contribution is -2.30. The van der Waals surface area contributed by atoms with Crippen molar-refractivity contribution in [1.29, 1.82) is 0 Å². The van der Waals surface area contributed by atoms with Crippen molar-refractivity contribution in [3.63, 3.8) is 0 Å². The zero-order valence-corrected chi connectivity index (χ0v) is 15.1. The van der Waals surface area contributed by atoms with E-state index in [1.165, 1.54) is 0 Å². The Hall–Kier alpha value is -3.15. The van der Waals surface area contributed by atoms with Gasteiger partial charge in [0.1, 0.15) is 11.3 Å². The van der Waals surface area contributed by atoms with Gasteiger partial charge in [0, 0.05) is 24.9 Å². The fourth-order valence-corrected chi connectivity index (χ4v) is 3.38. The average Bonchev–Trinajstić information content (AvgIpc) is 3.12. The summed E-state index contributed by atoms with van der Waals surface area (Å²) in [6, 6.07) is 9.56. The predicted octanol–water partition coefficient (Wildman–Crippen LogP) is 3.33. The maximum absolute atomic E-state index is 12.6. The number of carbonyl (C=O) groups excluding carboxylic acids is 1. The highest BCUT2D eigenvalue weighted by atomic mass is 16.4. The van der Waals surface area contributed by atoms with E-state index in [2.05, 4.69) is 10.3 Å². The second-order valence-corrected chi connectivity index (χ2v) is 6.90. The average molecular weight is 363 g/mol. The monoisotopic (exact) mass is 363 g/mol. The minimum Gasteiger partial charge on any atom is -0.427 e. The van der Waals surface area contributed by atoms with Gasteiger partial charge in [-0.1, -0.05) is 24.6 Å². The number of aryl methyl sites for hydroxylation is 1. The van der Waals surface area contributed by atoms with Gasteiger partial charge in [-0.25, -0.2) is 9.78 Å². The van der Waals surface area contributed by atoms with Crippen molar-refractivity contribution in [2.24, 2.45) is 0 Å². The summed E-state index contributed by atoms with van der Waals surface area (Å²) in [5, 5.41) is 2.84. The van der Waals surface area contributed by atoms with Gasteiger partial charge in [0.2, 0.25) is 0 Å². The lowest BCUT2D eigenvalue weighted by atomic mass is 9.83. The molecule has 1 aliphatic carbocycles. The van der Waals surface area contributed by atoms with Gasteiger partial charge in [-0.2, -0.15) is 0 Å². The molecule has 1 aromatic carbocycles. The first-order valence-corrected chi connectivity index (χ1v) is 9.12. The van der Waals surface area contributed by atoms with Crippen molar-refractivity contribution < 1.29 is 9.21 Å². The molecule has 0 spiro atoms. The Balaban J connectivity index is 1.53. The van der Waals surface area contributed by atoms with E-state index in [-0.39, 0.29) is 5.56 Å². The van der Waals surface area contributed by atoms with Crippen molar-refractivity contribution >= 4 is 5.91 Å². The predicted molar refractivity (Wildman–Crippen MR) is 101 cm³/mol. The number of rotatable bonds is 5. The van der Waals surface area contributed by atoms with Crippen LogP contribution in [-0.4, -0.2) is 15.5 Å². The van der Waals surface area contributed by atoms with Gasteiger partial charge in [0.15, 0.2) is 0 Å². The fraction of sp³-hybridized carbons (Fsp3) is 0.286. The summed E-state index contributed by atoms with van der Waals surface area (Å²) in [6.07, 6.45) is 8.49.